The fraction of sp³-hybridized carbons (Fsp3) is 0.889. The molecular formula is C36H70N2O2. The van der Waals surface area contributed by atoms with Crippen molar-refractivity contribution < 1.29 is 9.59 Å². The van der Waals surface area contributed by atoms with Gasteiger partial charge in [0.2, 0.25) is 11.8 Å². The van der Waals surface area contributed by atoms with Gasteiger partial charge in [0.05, 0.1) is 0 Å². The number of hydrogen-bond acceptors (Lipinski definition) is 2. The molecule has 0 radical (unpaired) electrons. The van der Waals surface area contributed by atoms with Crippen LogP contribution >= 0.6 is 0 Å². The summed E-state index contributed by atoms with van der Waals surface area (Å²) in [5.41, 5.74) is 0. The zero-order valence-electron chi connectivity index (χ0n) is 27.5. The maximum Gasteiger partial charge on any atom is 0.220 e. The van der Waals surface area contributed by atoms with E-state index in [-0.39, 0.29) is 17.9 Å². The maximum atomic E-state index is 12.5. The van der Waals surface area contributed by atoms with Crippen LogP contribution in [0.1, 0.15) is 188 Å². The van der Waals surface area contributed by atoms with Crippen LogP contribution in [0.3, 0.4) is 0 Å². The SMILES string of the molecule is CCCC/C=C\CCCCCCCC(=O)N[C@@H](CCCCNC(=O)CCCCCCCCCCCCC)C(C)C. The first-order chi connectivity index (χ1) is 19.5. The van der Waals surface area contributed by atoms with E-state index in [2.05, 4.69) is 50.5 Å². The van der Waals surface area contributed by atoms with Gasteiger partial charge in [0.25, 0.3) is 0 Å². The van der Waals surface area contributed by atoms with E-state index in [4.69, 9.17) is 0 Å². The van der Waals surface area contributed by atoms with Crippen LogP contribution in [0.25, 0.3) is 0 Å². The molecule has 2 N–H and O–H groups in total. The highest BCUT2D eigenvalue weighted by Gasteiger charge is 2.15. The van der Waals surface area contributed by atoms with Crippen LogP contribution in [0, 0.1) is 5.92 Å². The maximum absolute atomic E-state index is 12.5. The number of hydrogen-bond donors (Lipinski definition) is 2. The second-order valence-electron chi connectivity index (χ2n) is 12.5. The molecule has 0 aromatic heterocycles. The Hall–Kier alpha value is -1.32. The van der Waals surface area contributed by atoms with Crippen LogP contribution in [0.2, 0.25) is 0 Å². The van der Waals surface area contributed by atoms with E-state index >= 15 is 0 Å². The van der Waals surface area contributed by atoms with Crippen molar-refractivity contribution in [3.8, 4) is 0 Å². The van der Waals surface area contributed by atoms with Crippen molar-refractivity contribution in [2.45, 2.75) is 194 Å². The number of carbonyl (C=O) groups is 2. The molecule has 0 fully saturated rings. The van der Waals surface area contributed by atoms with Gasteiger partial charge in [0, 0.05) is 25.4 Å². The highest BCUT2D eigenvalue weighted by molar-refractivity contribution is 5.76. The minimum absolute atomic E-state index is 0.202. The summed E-state index contributed by atoms with van der Waals surface area (Å²) in [7, 11) is 0. The van der Waals surface area contributed by atoms with Crippen LogP contribution in [0.15, 0.2) is 12.2 Å². The third-order valence-corrected chi connectivity index (χ3v) is 8.09. The summed E-state index contributed by atoms with van der Waals surface area (Å²) in [6.45, 7) is 9.64. The van der Waals surface area contributed by atoms with E-state index in [9.17, 15) is 9.59 Å². The average molecular weight is 563 g/mol. The van der Waals surface area contributed by atoms with Gasteiger partial charge in [-0.05, 0) is 57.3 Å². The van der Waals surface area contributed by atoms with Gasteiger partial charge < -0.3 is 10.6 Å². The standard InChI is InChI=1S/C36H70N2O2/c1-5-7-9-11-13-15-17-19-21-23-25-30-35(39)37-32-28-27-29-34(33(3)4)38-36(40)31-26-24-22-20-18-16-14-12-10-8-6-2/h12,14,33-34H,5-11,13,15-32H2,1-4H3,(H,37,39)(H,38,40)/b14-12-/t34-/m0/s1. The van der Waals surface area contributed by atoms with Crippen molar-refractivity contribution in [1.82, 2.24) is 10.6 Å². The smallest absolute Gasteiger partial charge is 0.220 e. The van der Waals surface area contributed by atoms with E-state index in [1.54, 1.807) is 0 Å². The normalized spacial score (nSPS) is 12.3. The molecule has 4 heteroatoms. The molecule has 0 aliphatic heterocycles. The first kappa shape index (κ1) is 38.7. The van der Waals surface area contributed by atoms with E-state index in [1.165, 1.54) is 109 Å². The topological polar surface area (TPSA) is 58.2 Å². The zero-order chi connectivity index (χ0) is 29.5. The Morgan fingerprint density at radius 1 is 0.550 bits per heavy atom. The number of nitrogens with one attached hydrogen (secondary N) is 2. The van der Waals surface area contributed by atoms with Crippen molar-refractivity contribution in [2.24, 2.45) is 5.92 Å². The number of carbonyl (C=O) groups excluding carboxylic acids is 2. The van der Waals surface area contributed by atoms with Gasteiger partial charge in [-0.2, -0.15) is 0 Å². The van der Waals surface area contributed by atoms with Crippen molar-refractivity contribution in [3.63, 3.8) is 0 Å². The summed E-state index contributed by atoms with van der Waals surface area (Å²) in [5.74, 6) is 0.843. The monoisotopic (exact) mass is 563 g/mol. The van der Waals surface area contributed by atoms with Crippen LogP contribution in [-0.2, 0) is 9.59 Å². The van der Waals surface area contributed by atoms with E-state index < -0.39 is 0 Å². The number of rotatable bonds is 30. The molecule has 2 amide bonds. The first-order valence-electron chi connectivity index (χ1n) is 17.7. The summed E-state index contributed by atoms with van der Waals surface area (Å²) in [5, 5.41) is 6.38. The van der Waals surface area contributed by atoms with Gasteiger partial charge in [-0.25, -0.2) is 0 Å². The highest BCUT2D eigenvalue weighted by atomic mass is 16.2. The molecule has 0 heterocycles. The molecule has 0 saturated heterocycles. The number of unbranched alkanes of at least 4 members (excludes halogenated alkanes) is 18. The Morgan fingerprint density at radius 3 is 1.57 bits per heavy atom. The van der Waals surface area contributed by atoms with E-state index in [0.29, 0.717) is 18.8 Å². The summed E-state index contributed by atoms with van der Waals surface area (Å²) < 4.78 is 0. The number of amides is 2. The van der Waals surface area contributed by atoms with E-state index in [0.717, 1.165) is 45.1 Å². The molecular weight excluding hydrogens is 492 g/mol. The third kappa shape index (κ3) is 28.2. The minimum atomic E-state index is 0.202. The predicted molar refractivity (Wildman–Crippen MR) is 176 cm³/mol. The molecule has 0 saturated carbocycles. The fourth-order valence-electron chi connectivity index (χ4n) is 5.24. The molecule has 40 heavy (non-hydrogen) atoms. The second kappa shape index (κ2) is 30.6. The van der Waals surface area contributed by atoms with E-state index in [1.807, 2.05) is 0 Å². The molecule has 0 aliphatic rings. The summed E-state index contributed by atoms with van der Waals surface area (Å²) >= 11 is 0. The van der Waals surface area contributed by atoms with Gasteiger partial charge in [-0.3, -0.25) is 9.59 Å². The third-order valence-electron chi connectivity index (χ3n) is 8.09. The number of allylic oxidation sites excluding steroid dienone is 2. The summed E-state index contributed by atoms with van der Waals surface area (Å²) in [6, 6.07) is 0.235. The molecule has 0 aliphatic carbocycles. The first-order valence-corrected chi connectivity index (χ1v) is 17.7. The lowest BCUT2D eigenvalue weighted by molar-refractivity contribution is -0.122. The Labute approximate surface area is 250 Å². The predicted octanol–water partition coefficient (Wildman–Crippen LogP) is 10.6. The van der Waals surface area contributed by atoms with Gasteiger partial charge >= 0.3 is 0 Å². The Kier molecular flexibility index (Phi) is 29.6. The molecule has 0 aromatic carbocycles. The Morgan fingerprint density at radius 2 is 1.02 bits per heavy atom. The molecule has 0 rings (SSSR count). The molecule has 0 spiro atoms. The van der Waals surface area contributed by atoms with Gasteiger partial charge in [-0.1, -0.05) is 136 Å². The molecule has 1 atom stereocenters. The van der Waals surface area contributed by atoms with Crippen LogP contribution in [0.4, 0.5) is 0 Å². The van der Waals surface area contributed by atoms with Crippen molar-refractivity contribution >= 4 is 11.8 Å². The Balaban J connectivity index is 3.67. The second-order valence-corrected chi connectivity index (χ2v) is 12.5. The molecule has 0 aromatic rings. The summed E-state index contributed by atoms with van der Waals surface area (Å²) in [6.07, 6.45) is 34.3. The lowest BCUT2D eigenvalue weighted by Crippen LogP contribution is -2.38. The fourth-order valence-corrected chi connectivity index (χ4v) is 5.24. The summed E-state index contributed by atoms with van der Waals surface area (Å²) in [4.78, 5) is 24.6. The van der Waals surface area contributed by atoms with Gasteiger partial charge in [-0.15, -0.1) is 0 Å². The molecule has 236 valence electrons. The molecule has 0 bridgehead atoms. The van der Waals surface area contributed by atoms with Crippen molar-refractivity contribution in [2.75, 3.05) is 6.54 Å². The Bertz CT molecular complexity index is 587. The van der Waals surface area contributed by atoms with Crippen molar-refractivity contribution in [1.29, 1.82) is 0 Å². The minimum Gasteiger partial charge on any atom is -0.356 e. The lowest BCUT2D eigenvalue weighted by Gasteiger charge is -2.22. The van der Waals surface area contributed by atoms with Crippen LogP contribution < -0.4 is 10.6 Å². The molecule has 0 unspecified atom stereocenters. The largest absolute Gasteiger partial charge is 0.356 e. The van der Waals surface area contributed by atoms with Crippen LogP contribution in [0.5, 0.6) is 0 Å². The van der Waals surface area contributed by atoms with Crippen LogP contribution in [-0.4, -0.2) is 24.4 Å². The lowest BCUT2D eigenvalue weighted by atomic mass is 9.98. The quantitative estimate of drug-likeness (QED) is 0.0675. The highest BCUT2D eigenvalue weighted by Crippen LogP contribution is 2.14. The zero-order valence-corrected chi connectivity index (χ0v) is 27.5. The van der Waals surface area contributed by atoms with Gasteiger partial charge in [0.1, 0.15) is 0 Å². The average Bonchev–Trinajstić information content (AvgIpc) is 2.93. The van der Waals surface area contributed by atoms with Gasteiger partial charge in [0.15, 0.2) is 0 Å². The molecule has 4 nitrogen and oxygen atoms in total. The van der Waals surface area contributed by atoms with Crippen molar-refractivity contribution in [3.05, 3.63) is 12.2 Å².